The van der Waals surface area contributed by atoms with Crippen LogP contribution in [0.3, 0.4) is 0 Å². The number of rotatable bonds is 9. The molecule has 0 saturated carbocycles. The molecule has 0 radical (unpaired) electrons. The first-order valence-corrected chi connectivity index (χ1v) is 6.36. The van der Waals surface area contributed by atoms with Gasteiger partial charge >= 0.3 is 0 Å². The van der Waals surface area contributed by atoms with Crippen molar-refractivity contribution in [2.24, 2.45) is 5.92 Å². The molecule has 15 heavy (non-hydrogen) atoms. The fraction of sp³-hybridized carbons (Fsp3) is 0.923. The third kappa shape index (κ3) is 8.44. The zero-order valence-electron chi connectivity index (χ0n) is 10.6. The highest BCUT2D eigenvalue weighted by Gasteiger charge is 2.06. The third-order valence-corrected chi connectivity index (χ3v) is 2.78. The summed E-state index contributed by atoms with van der Waals surface area (Å²) in [5.74, 6) is 0.167. The summed E-state index contributed by atoms with van der Waals surface area (Å²) in [5, 5.41) is 8.74. The van der Waals surface area contributed by atoms with Gasteiger partial charge in [0, 0.05) is 6.54 Å². The zero-order valence-corrected chi connectivity index (χ0v) is 10.6. The highest BCUT2D eigenvalue weighted by Crippen LogP contribution is 2.05. The minimum atomic E-state index is 0.167. The molecule has 0 aromatic heterocycles. The van der Waals surface area contributed by atoms with Crippen LogP contribution in [0.15, 0.2) is 0 Å². The molecule has 0 fully saturated rings. The quantitative estimate of drug-likeness (QED) is 0.545. The normalized spacial score (nSPS) is 12.7. The van der Waals surface area contributed by atoms with E-state index in [1.807, 2.05) is 6.92 Å². The van der Waals surface area contributed by atoms with Gasteiger partial charge in [0.15, 0.2) is 0 Å². The third-order valence-electron chi connectivity index (χ3n) is 2.78. The first kappa shape index (κ1) is 14.5. The second-order valence-electron chi connectivity index (χ2n) is 4.34. The Kier molecular flexibility index (Phi) is 9.62. The zero-order chi connectivity index (χ0) is 11.5. The summed E-state index contributed by atoms with van der Waals surface area (Å²) in [5.41, 5.74) is 0. The van der Waals surface area contributed by atoms with Crippen LogP contribution >= 0.6 is 0 Å². The maximum absolute atomic E-state index is 8.74. The summed E-state index contributed by atoms with van der Waals surface area (Å²) in [6, 6.07) is 2.30. The van der Waals surface area contributed by atoms with Crippen molar-refractivity contribution in [2.75, 3.05) is 19.6 Å². The number of nitriles is 1. The van der Waals surface area contributed by atoms with Gasteiger partial charge in [0.05, 0.1) is 12.0 Å². The Morgan fingerprint density at radius 2 is 1.80 bits per heavy atom. The van der Waals surface area contributed by atoms with Gasteiger partial charge in [0.25, 0.3) is 0 Å². The van der Waals surface area contributed by atoms with Gasteiger partial charge in [-0.15, -0.1) is 0 Å². The molecule has 0 rings (SSSR count). The Bertz CT molecular complexity index is 172. The Labute approximate surface area is 95.3 Å². The number of hydrogen-bond acceptors (Lipinski definition) is 2. The van der Waals surface area contributed by atoms with Crippen molar-refractivity contribution >= 4 is 0 Å². The van der Waals surface area contributed by atoms with E-state index in [-0.39, 0.29) is 5.92 Å². The molecule has 0 heterocycles. The maximum atomic E-state index is 8.74. The smallest absolute Gasteiger partial charge is 0.0666 e. The van der Waals surface area contributed by atoms with Crippen LogP contribution in [-0.2, 0) is 0 Å². The standard InChI is InChI=1S/C13H26N2/c1-4-6-7-8-9-10-15(5-2)12-13(3)11-14/h13H,4-10,12H2,1-3H3. The van der Waals surface area contributed by atoms with Crippen LogP contribution in [-0.4, -0.2) is 24.5 Å². The van der Waals surface area contributed by atoms with Gasteiger partial charge in [-0.25, -0.2) is 0 Å². The van der Waals surface area contributed by atoms with Gasteiger partial charge in [0.1, 0.15) is 0 Å². The van der Waals surface area contributed by atoms with Crippen molar-refractivity contribution < 1.29 is 0 Å². The Balaban J connectivity index is 3.49. The van der Waals surface area contributed by atoms with Crippen LogP contribution in [0.2, 0.25) is 0 Å². The molecule has 2 heteroatoms. The molecule has 0 saturated heterocycles. The predicted molar refractivity (Wildman–Crippen MR) is 65.7 cm³/mol. The van der Waals surface area contributed by atoms with Crippen molar-refractivity contribution in [1.29, 1.82) is 5.26 Å². The largest absolute Gasteiger partial charge is 0.302 e. The van der Waals surface area contributed by atoms with E-state index in [0.717, 1.165) is 19.6 Å². The van der Waals surface area contributed by atoms with E-state index in [0.29, 0.717) is 0 Å². The van der Waals surface area contributed by atoms with Crippen molar-refractivity contribution in [3.63, 3.8) is 0 Å². The molecule has 0 spiro atoms. The summed E-state index contributed by atoms with van der Waals surface area (Å²) in [6.45, 7) is 9.58. The number of hydrogen-bond donors (Lipinski definition) is 0. The molecule has 0 aliphatic carbocycles. The molecule has 0 N–H and O–H groups in total. The average Bonchev–Trinajstić information content (AvgIpc) is 2.26. The van der Waals surface area contributed by atoms with Crippen LogP contribution in [0.5, 0.6) is 0 Å². The van der Waals surface area contributed by atoms with Crippen molar-refractivity contribution in [3.8, 4) is 6.07 Å². The van der Waals surface area contributed by atoms with Crippen LogP contribution < -0.4 is 0 Å². The SMILES string of the molecule is CCCCCCCN(CC)CC(C)C#N. The lowest BCUT2D eigenvalue weighted by Crippen LogP contribution is -2.29. The van der Waals surface area contributed by atoms with Crippen molar-refractivity contribution in [2.45, 2.75) is 52.9 Å². The van der Waals surface area contributed by atoms with Gasteiger partial charge in [-0.2, -0.15) is 5.26 Å². The maximum Gasteiger partial charge on any atom is 0.0666 e. The van der Waals surface area contributed by atoms with E-state index in [2.05, 4.69) is 24.8 Å². The van der Waals surface area contributed by atoms with Gasteiger partial charge < -0.3 is 4.90 Å². The topological polar surface area (TPSA) is 27.0 Å². The predicted octanol–water partition coefficient (Wildman–Crippen LogP) is 3.44. The van der Waals surface area contributed by atoms with E-state index < -0.39 is 0 Å². The molecule has 0 aromatic carbocycles. The molecule has 2 nitrogen and oxygen atoms in total. The highest BCUT2D eigenvalue weighted by atomic mass is 15.1. The summed E-state index contributed by atoms with van der Waals surface area (Å²) in [7, 11) is 0. The minimum Gasteiger partial charge on any atom is -0.302 e. The number of nitrogens with zero attached hydrogens (tertiary/aromatic N) is 2. The van der Waals surface area contributed by atoms with Crippen LogP contribution in [0.1, 0.15) is 52.9 Å². The first-order chi connectivity index (χ1) is 7.24. The fourth-order valence-corrected chi connectivity index (χ4v) is 1.75. The minimum absolute atomic E-state index is 0.167. The number of unbranched alkanes of at least 4 members (excludes halogenated alkanes) is 4. The van der Waals surface area contributed by atoms with E-state index in [4.69, 9.17) is 5.26 Å². The summed E-state index contributed by atoms with van der Waals surface area (Å²) in [4.78, 5) is 2.39. The second-order valence-corrected chi connectivity index (χ2v) is 4.34. The second kappa shape index (κ2) is 9.98. The molecule has 0 aliphatic rings. The first-order valence-electron chi connectivity index (χ1n) is 6.36. The molecular formula is C13H26N2. The van der Waals surface area contributed by atoms with Gasteiger partial charge in [-0.1, -0.05) is 39.5 Å². The molecule has 0 aromatic rings. The molecule has 1 unspecified atom stereocenters. The molecule has 1 atom stereocenters. The Morgan fingerprint density at radius 3 is 2.33 bits per heavy atom. The fourth-order valence-electron chi connectivity index (χ4n) is 1.75. The molecular weight excluding hydrogens is 184 g/mol. The van der Waals surface area contributed by atoms with Crippen LogP contribution in [0.4, 0.5) is 0 Å². The summed E-state index contributed by atoms with van der Waals surface area (Å²) in [6.07, 6.45) is 6.66. The molecule has 0 bridgehead atoms. The summed E-state index contributed by atoms with van der Waals surface area (Å²) < 4.78 is 0. The van der Waals surface area contributed by atoms with Gasteiger partial charge in [-0.3, -0.25) is 0 Å². The van der Waals surface area contributed by atoms with E-state index in [9.17, 15) is 0 Å². The van der Waals surface area contributed by atoms with Crippen molar-refractivity contribution in [3.05, 3.63) is 0 Å². The lowest BCUT2D eigenvalue weighted by molar-refractivity contribution is 0.262. The van der Waals surface area contributed by atoms with E-state index >= 15 is 0 Å². The van der Waals surface area contributed by atoms with Crippen LogP contribution in [0, 0.1) is 17.2 Å². The lowest BCUT2D eigenvalue weighted by Gasteiger charge is -2.21. The molecule has 88 valence electrons. The van der Waals surface area contributed by atoms with E-state index in [1.165, 1.54) is 32.1 Å². The Hall–Kier alpha value is -0.550. The van der Waals surface area contributed by atoms with Gasteiger partial charge in [0.2, 0.25) is 0 Å². The highest BCUT2D eigenvalue weighted by molar-refractivity contribution is 4.81. The lowest BCUT2D eigenvalue weighted by atomic mass is 10.1. The summed E-state index contributed by atoms with van der Waals surface area (Å²) >= 11 is 0. The van der Waals surface area contributed by atoms with Crippen molar-refractivity contribution in [1.82, 2.24) is 4.90 Å². The van der Waals surface area contributed by atoms with Crippen LogP contribution in [0.25, 0.3) is 0 Å². The Morgan fingerprint density at radius 1 is 1.13 bits per heavy atom. The average molecular weight is 210 g/mol. The van der Waals surface area contributed by atoms with Gasteiger partial charge in [-0.05, 0) is 26.4 Å². The monoisotopic (exact) mass is 210 g/mol. The molecule has 0 amide bonds. The molecule has 0 aliphatic heterocycles. The van der Waals surface area contributed by atoms with E-state index in [1.54, 1.807) is 0 Å².